The summed E-state index contributed by atoms with van der Waals surface area (Å²) >= 11 is 0. The standard InChI is InChI=1S/C20H19FN2O3S/c1-13-11-16(7-9-20(13)26-3)27(24,25)23-14(2)17-5-4-10-22(17)18-8-6-15(21)12-19(18)23/h4-12,14H,1-3H3. The van der Waals surface area contributed by atoms with Crippen LogP contribution in [0, 0.1) is 12.7 Å². The van der Waals surface area contributed by atoms with E-state index in [1.165, 1.54) is 29.6 Å². The van der Waals surface area contributed by atoms with Crippen molar-refractivity contribution in [2.45, 2.75) is 24.8 Å². The summed E-state index contributed by atoms with van der Waals surface area (Å²) in [5, 5.41) is 0. The molecule has 1 unspecified atom stereocenters. The Morgan fingerprint density at radius 2 is 1.85 bits per heavy atom. The van der Waals surface area contributed by atoms with Gasteiger partial charge in [0.15, 0.2) is 0 Å². The summed E-state index contributed by atoms with van der Waals surface area (Å²) in [5.74, 6) is 0.128. The van der Waals surface area contributed by atoms with Gasteiger partial charge in [-0.2, -0.15) is 0 Å². The third kappa shape index (κ3) is 2.61. The van der Waals surface area contributed by atoms with Gasteiger partial charge in [0.25, 0.3) is 10.0 Å². The van der Waals surface area contributed by atoms with Crippen molar-refractivity contribution < 1.29 is 17.5 Å². The first-order valence-electron chi connectivity index (χ1n) is 8.51. The summed E-state index contributed by atoms with van der Waals surface area (Å²) in [6.07, 6.45) is 1.85. The van der Waals surface area contributed by atoms with Crippen molar-refractivity contribution in [3.63, 3.8) is 0 Å². The molecule has 4 rings (SSSR count). The number of methoxy groups -OCH3 is 1. The molecule has 0 radical (unpaired) electrons. The van der Waals surface area contributed by atoms with E-state index in [2.05, 4.69) is 0 Å². The Hall–Kier alpha value is -2.80. The molecule has 3 aromatic rings. The van der Waals surface area contributed by atoms with Crippen LogP contribution in [-0.2, 0) is 10.0 Å². The number of aromatic nitrogens is 1. The van der Waals surface area contributed by atoms with Crippen molar-refractivity contribution in [1.29, 1.82) is 0 Å². The molecule has 0 N–H and O–H groups in total. The number of fused-ring (bicyclic) bond motifs is 3. The summed E-state index contributed by atoms with van der Waals surface area (Å²) in [6.45, 7) is 3.59. The van der Waals surface area contributed by atoms with Crippen LogP contribution >= 0.6 is 0 Å². The van der Waals surface area contributed by atoms with Gasteiger partial charge in [-0.15, -0.1) is 0 Å². The minimum atomic E-state index is -3.91. The number of benzene rings is 2. The number of halogens is 1. The van der Waals surface area contributed by atoms with Gasteiger partial charge in [0.05, 0.1) is 29.4 Å². The quantitative estimate of drug-likeness (QED) is 0.678. The lowest BCUT2D eigenvalue weighted by Crippen LogP contribution is -2.38. The molecule has 1 aliphatic rings. The number of hydrogen-bond acceptors (Lipinski definition) is 3. The van der Waals surface area contributed by atoms with E-state index < -0.39 is 21.9 Å². The minimum absolute atomic E-state index is 0.142. The van der Waals surface area contributed by atoms with Crippen LogP contribution in [0.1, 0.15) is 24.2 Å². The summed E-state index contributed by atoms with van der Waals surface area (Å²) in [4.78, 5) is 0.142. The second-order valence-corrected chi connectivity index (χ2v) is 8.36. The Balaban J connectivity index is 1.93. The Labute approximate surface area is 157 Å². The van der Waals surface area contributed by atoms with E-state index in [1.807, 2.05) is 22.9 Å². The molecule has 1 atom stereocenters. The maximum Gasteiger partial charge on any atom is 0.265 e. The van der Waals surface area contributed by atoms with E-state index in [0.717, 1.165) is 5.69 Å². The van der Waals surface area contributed by atoms with Crippen molar-refractivity contribution in [1.82, 2.24) is 4.57 Å². The fourth-order valence-electron chi connectivity index (χ4n) is 3.62. The number of aryl methyl sites for hydroxylation is 1. The first kappa shape index (κ1) is 17.6. The normalized spacial score (nSPS) is 16.0. The first-order valence-corrected chi connectivity index (χ1v) is 9.95. The zero-order chi connectivity index (χ0) is 19.3. The van der Waals surface area contributed by atoms with Gasteiger partial charge < -0.3 is 9.30 Å². The van der Waals surface area contributed by atoms with E-state index in [-0.39, 0.29) is 4.90 Å². The van der Waals surface area contributed by atoms with Crippen molar-refractivity contribution in [2.75, 3.05) is 11.4 Å². The lowest BCUT2D eigenvalue weighted by atomic mass is 10.1. The first-order chi connectivity index (χ1) is 12.8. The molecule has 0 spiro atoms. The van der Waals surface area contributed by atoms with Crippen molar-refractivity contribution in [3.8, 4) is 11.4 Å². The van der Waals surface area contributed by atoms with Gasteiger partial charge in [-0.05, 0) is 61.9 Å². The molecule has 2 aromatic carbocycles. The fourth-order valence-corrected chi connectivity index (χ4v) is 5.34. The third-order valence-corrected chi connectivity index (χ3v) is 6.80. The van der Waals surface area contributed by atoms with Gasteiger partial charge >= 0.3 is 0 Å². The molecule has 0 amide bonds. The number of sulfonamides is 1. The van der Waals surface area contributed by atoms with Crippen molar-refractivity contribution >= 4 is 15.7 Å². The maximum atomic E-state index is 14.0. The van der Waals surface area contributed by atoms with Crippen molar-refractivity contribution in [2.24, 2.45) is 0 Å². The van der Waals surface area contributed by atoms with Gasteiger partial charge in [-0.25, -0.2) is 12.8 Å². The minimum Gasteiger partial charge on any atom is -0.496 e. The average Bonchev–Trinajstić information content (AvgIpc) is 3.11. The van der Waals surface area contributed by atoms with Gasteiger partial charge in [0.2, 0.25) is 0 Å². The highest BCUT2D eigenvalue weighted by molar-refractivity contribution is 7.92. The second-order valence-electron chi connectivity index (χ2n) is 6.54. The van der Waals surface area contributed by atoms with Crippen LogP contribution in [0.3, 0.4) is 0 Å². The van der Waals surface area contributed by atoms with E-state index >= 15 is 0 Å². The molecule has 27 heavy (non-hydrogen) atoms. The predicted molar refractivity (Wildman–Crippen MR) is 102 cm³/mol. The smallest absolute Gasteiger partial charge is 0.265 e. The molecule has 0 fully saturated rings. The predicted octanol–water partition coefficient (Wildman–Crippen LogP) is 4.20. The van der Waals surface area contributed by atoms with Gasteiger partial charge in [-0.1, -0.05) is 0 Å². The van der Waals surface area contributed by atoms with Crippen molar-refractivity contribution in [3.05, 3.63) is 71.8 Å². The van der Waals surface area contributed by atoms with Crippen LogP contribution in [0.4, 0.5) is 10.1 Å². The molecule has 140 valence electrons. The van der Waals surface area contributed by atoms with Crippen LogP contribution in [-0.4, -0.2) is 20.1 Å². The second kappa shape index (κ2) is 6.13. The molecule has 5 nitrogen and oxygen atoms in total. The molecule has 0 saturated heterocycles. The number of rotatable bonds is 3. The van der Waals surface area contributed by atoms with E-state index in [0.29, 0.717) is 22.7 Å². The number of ether oxygens (including phenoxy) is 1. The monoisotopic (exact) mass is 386 g/mol. The summed E-state index contributed by atoms with van der Waals surface area (Å²) < 4.78 is 49.4. The highest BCUT2D eigenvalue weighted by Gasteiger charge is 2.37. The Kier molecular flexibility index (Phi) is 3.99. The van der Waals surface area contributed by atoms with Crippen LogP contribution in [0.2, 0.25) is 0 Å². The van der Waals surface area contributed by atoms with Crippen LogP contribution in [0.15, 0.2) is 59.6 Å². The van der Waals surface area contributed by atoms with E-state index in [1.54, 1.807) is 32.0 Å². The number of hydrogen-bond donors (Lipinski definition) is 0. The molecule has 0 bridgehead atoms. The molecule has 2 heterocycles. The Bertz CT molecular complexity index is 1140. The van der Waals surface area contributed by atoms with Crippen LogP contribution in [0.25, 0.3) is 5.69 Å². The van der Waals surface area contributed by atoms with Gasteiger partial charge in [-0.3, -0.25) is 4.31 Å². The largest absolute Gasteiger partial charge is 0.496 e. The SMILES string of the molecule is COc1ccc(S(=O)(=O)N2c3cc(F)ccc3-n3cccc3C2C)cc1C. The summed E-state index contributed by atoms with van der Waals surface area (Å²) in [5.41, 5.74) is 2.48. The Morgan fingerprint density at radius 1 is 1.07 bits per heavy atom. The summed E-state index contributed by atoms with van der Waals surface area (Å²) in [7, 11) is -2.37. The maximum absolute atomic E-state index is 14.0. The summed E-state index contributed by atoms with van der Waals surface area (Å²) in [6, 6.07) is 12.2. The fraction of sp³-hybridized carbons (Fsp3) is 0.200. The average molecular weight is 386 g/mol. The van der Waals surface area contributed by atoms with Crippen LogP contribution < -0.4 is 9.04 Å². The molecule has 0 saturated carbocycles. The lowest BCUT2D eigenvalue weighted by molar-refractivity contribution is 0.411. The molecular formula is C20H19FN2O3S. The van der Waals surface area contributed by atoms with E-state index in [4.69, 9.17) is 4.74 Å². The molecule has 7 heteroatoms. The highest BCUT2D eigenvalue weighted by atomic mass is 32.2. The highest BCUT2D eigenvalue weighted by Crippen LogP contribution is 2.42. The zero-order valence-electron chi connectivity index (χ0n) is 15.2. The number of anilines is 1. The molecule has 1 aliphatic heterocycles. The molecular weight excluding hydrogens is 367 g/mol. The van der Waals surface area contributed by atoms with E-state index in [9.17, 15) is 12.8 Å². The van der Waals surface area contributed by atoms with Gasteiger partial charge in [0, 0.05) is 18.0 Å². The molecule has 0 aliphatic carbocycles. The molecule has 1 aromatic heterocycles. The number of nitrogens with zero attached hydrogens (tertiary/aromatic N) is 2. The Morgan fingerprint density at radius 3 is 2.56 bits per heavy atom. The topological polar surface area (TPSA) is 51.5 Å². The zero-order valence-corrected chi connectivity index (χ0v) is 16.0. The lowest BCUT2D eigenvalue weighted by Gasteiger charge is -2.37. The van der Waals surface area contributed by atoms with Gasteiger partial charge in [0.1, 0.15) is 11.6 Å². The van der Waals surface area contributed by atoms with Crippen LogP contribution in [0.5, 0.6) is 5.75 Å². The third-order valence-electron chi connectivity index (χ3n) is 4.92.